The Hall–Kier alpha value is -2.91. The van der Waals surface area contributed by atoms with Crippen LogP contribution in [-0.4, -0.2) is 15.8 Å². The molecular formula is C16H8ClF2N3O3S. The van der Waals surface area contributed by atoms with E-state index in [-0.39, 0.29) is 15.7 Å². The number of hydrogen-bond donors (Lipinski definition) is 1. The van der Waals surface area contributed by atoms with Crippen LogP contribution in [0, 0.1) is 21.7 Å². The van der Waals surface area contributed by atoms with E-state index >= 15 is 0 Å². The van der Waals surface area contributed by atoms with Gasteiger partial charge in [0, 0.05) is 22.0 Å². The van der Waals surface area contributed by atoms with Crippen molar-refractivity contribution in [2.24, 2.45) is 0 Å². The Bertz CT molecular complexity index is 1030. The molecule has 26 heavy (non-hydrogen) atoms. The molecule has 0 aliphatic carbocycles. The standard InChI is InChI=1S/C16H8ClF2N3O3S/c17-9-2-4-14(22(24)25)10(6-9)15(23)21-16-20-13(7-26-16)8-1-3-11(18)12(19)5-8/h1-7H,(H,20,21,23). The molecule has 0 spiro atoms. The van der Waals surface area contributed by atoms with Crippen molar-refractivity contribution >= 4 is 39.7 Å². The van der Waals surface area contributed by atoms with Gasteiger partial charge in [0.1, 0.15) is 5.56 Å². The molecule has 3 rings (SSSR count). The van der Waals surface area contributed by atoms with E-state index in [2.05, 4.69) is 10.3 Å². The zero-order valence-corrected chi connectivity index (χ0v) is 14.3. The van der Waals surface area contributed by atoms with Crippen molar-refractivity contribution in [2.45, 2.75) is 0 Å². The maximum absolute atomic E-state index is 13.3. The lowest BCUT2D eigenvalue weighted by molar-refractivity contribution is -0.385. The smallest absolute Gasteiger partial charge is 0.282 e. The second-order valence-electron chi connectivity index (χ2n) is 5.04. The van der Waals surface area contributed by atoms with Gasteiger partial charge in [-0.3, -0.25) is 20.2 Å². The van der Waals surface area contributed by atoms with Gasteiger partial charge in [0.05, 0.1) is 10.6 Å². The second kappa shape index (κ2) is 7.14. The summed E-state index contributed by atoms with van der Waals surface area (Å²) in [6.45, 7) is 0. The topological polar surface area (TPSA) is 85.1 Å². The van der Waals surface area contributed by atoms with Gasteiger partial charge in [-0.1, -0.05) is 11.6 Å². The fourth-order valence-electron chi connectivity index (χ4n) is 2.13. The summed E-state index contributed by atoms with van der Waals surface area (Å²) >= 11 is 6.83. The predicted molar refractivity (Wildman–Crippen MR) is 93.5 cm³/mol. The van der Waals surface area contributed by atoms with E-state index in [4.69, 9.17) is 11.6 Å². The summed E-state index contributed by atoms with van der Waals surface area (Å²) in [7, 11) is 0. The number of carbonyl (C=O) groups excluding carboxylic acids is 1. The molecule has 0 saturated heterocycles. The number of carbonyl (C=O) groups is 1. The molecule has 0 atom stereocenters. The van der Waals surface area contributed by atoms with Crippen LogP contribution in [0.3, 0.4) is 0 Å². The first kappa shape index (κ1) is 17.9. The van der Waals surface area contributed by atoms with Crippen LogP contribution >= 0.6 is 22.9 Å². The number of halogens is 3. The highest BCUT2D eigenvalue weighted by molar-refractivity contribution is 7.14. The minimum Gasteiger partial charge on any atom is -0.298 e. The maximum atomic E-state index is 13.3. The van der Waals surface area contributed by atoms with Gasteiger partial charge < -0.3 is 0 Å². The third-order valence-corrected chi connectivity index (χ3v) is 4.33. The number of benzene rings is 2. The number of rotatable bonds is 4. The summed E-state index contributed by atoms with van der Waals surface area (Å²) in [6.07, 6.45) is 0. The van der Waals surface area contributed by atoms with Crippen LogP contribution in [0.4, 0.5) is 19.6 Å². The Morgan fingerprint density at radius 2 is 1.96 bits per heavy atom. The van der Waals surface area contributed by atoms with Crippen LogP contribution in [0.5, 0.6) is 0 Å². The van der Waals surface area contributed by atoms with Gasteiger partial charge in [0.2, 0.25) is 0 Å². The largest absolute Gasteiger partial charge is 0.298 e. The first-order chi connectivity index (χ1) is 12.3. The number of thiazole rings is 1. The van der Waals surface area contributed by atoms with E-state index < -0.39 is 28.2 Å². The van der Waals surface area contributed by atoms with Gasteiger partial charge in [0.25, 0.3) is 11.6 Å². The lowest BCUT2D eigenvalue weighted by atomic mass is 10.1. The predicted octanol–water partition coefficient (Wildman–Crippen LogP) is 4.90. The normalized spacial score (nSPS) is 10.6. The number of nitro benzene ring substituents is 1. The average molecular weight is 396 g/mol. The van der Waals surface area contributed by atoms with Crippen molar-refractivity contribution in [2.75, 3.05) is 5.32 Å². The monoisotopic (exact) mass is 395 g/mol. The van der Waals surface area contributed by atoms with Crippen LogP contribution in [0.25, 0.3) is 11.3 Å². The molecule has 3 aromatic rings. The van der Waals surface area contributed by atoms with E-state index in [0.29, 0.717) is 11.3 Å². The summed E-state index contributed by atoms with van der Waals surface area (Å²) in [5.41, 5.74) is 0.0375. The van der Waals surface area contributed by atoms with Crippen molar-refractivity contribution in [1.29, 1.82) is 0 Å². The molecule has 1 amide bonds. The highest BCUT2D eigenvalue weighted by Crippen LogP contribution is 2.28. The van der Waals surface area contributed by atoms with E-state index in [1.54, 1.807) is 0 Å². The van der Waals surface area contributed by atoms with Crippen molar-refractivity contribution in [3.63, 3.8) is 0 Å². The van der Waals surface area contributed by atoms with Crippen LogP contribution in [0.1, 0.15) is 10.4 Å². The van der Waals surface area contributed by atoms with Gasteiger partial charge in [-0.15, -0.1) is 11.3 Å². The quantitative estimate of drug-likeness (QED) is 0.502. The third kappa shape index (κ3) is 3.68. The van der Waals surface area contributed by atoms with Gasteiger partial charge >= 0.3 is 0 Å². The summed E-state index contributed by atoms with van der Waals surface area (Å²) in [5, 5.41) is 15.3. The first-order valence-electron chi connectivity index (χ1n) is 7.01. The molecule has 6 nitrogen and oxygen atoms in total. The van der Waals surface area contributed by atoms with E-state index in [1.165, 1.54) is 23.6 Å². The molecule has 132 valence electrons. The number of nitrogens with zero attached hydrogens (tertiary/aromatic N) is 2. The highest BCUT2D eigenvalue weighted by Gasteiger charge is 2.21. The summed E-state index contributed by atoms with van der Waals surface area (Å²) < 4.78 is 26.3. The number of aromatic nitrogens is 1. The van der Waals surface area contributed by atoms with Crippen LogP contribution in [-0.2, 0) is 0 Å². The molecule has 1 heterocycles. The summed E-state index contributed by atoms with van der Waals surface area (Å²) in [4.78, 5) is 26.8. The SMILES string of the molecule is O=C(Nc1nc(-c2ccc(F)c(F)c2)cs1)c1cc(Cl)ccc1[N+](=O)[O-]. The molecule has 0 bridgehead atoms. The Morgan fingerprint density at radius 1 is 1.19 bits per heavy atom. The molecule has 0 aliphatic heterocycles. The molecule has 0 saturated carbocycles. The average Bonchev–Trinajstić information content (AvgIpc) is 3.05. The highest BCUT2D eigenvalue weighted by atomic mass is 35.5. The zero-order valence-electron chi connectivity index (χ0n) is 12.7. The number of nitrogens with one attached hydrogen (secondary N) is 1. The number of hydrogen-bond acceptors (Lipinski definition) is 5. The van der Waals surface area contributed by atoms with Crippen molar-refractivity contribution in [3.05, 3.63) is 74.1 Å². The van der Waals surface area contributed by atoms with Gasteiger partial charge in [-0.25, -0.2) is 13.8 Å². The van der Waals surface area contributed by atoms with Gasteiger partial charge in [0.15, 0.2) is 16.8 Å². The van der Waals surface area contributed by atoms with Crippen LogP contribution in [0.15, 0.2) is 41.8 Å². The molecule has 1 aromatic heterocycles. The van der Waals surface area contributed by atoms with Crippen LogP contribution < -0.4 is 5.32 Å². The lowest BCUT2D eigenvalue weighted by Crippen LogP contribution is -2.13. The minimum absolute atomic E-state index is 0.143. The fraction of sp³-hybridized carbons (Fsp3) is 0. The molecule has 0 radical (unpaired) electrons. The zero-order chi connectivity index (χ0) is 18.8. The molecule has 10 heteroatoms. The molecular weight excluding hydrogens is 388 g/mol. The molecule has 0 unspecified atom stereocenters. The Labute approximate surface area is 154 Å². The molecule has 0 aliphatic rings. The molecule has 1 N–H and O–H groups in total. The van der Waals surface area contributed by atoms with Gasteiger partial charge in [-0.05, 0) is 30.3 Å². The molecule has 0 fully saturated rings. The second-order valence-corrected chi connectivity index (χ2v) is 6.33. The Kier molecular flexibility index (Phi) is 4.92. The lowest BCUT2D eigenvalue weighted by Gasteiger charge is -2.03. The Balaban J connectivity index is 1.85. The summed E-state index contributed by atoms with van der Waals surface area (Å²) in [5.74, 6) is -2.76. The van der Waals surface area contributed by atoms with Crippen LogP contribution in [0.2, 0.25) is 5.02 Å². The number of amides is 1. The van der Waals surface area contributed by atoms with Gasteiger partial charge in [-0.2, -0.15) is 0 Å². The van der Waals surface area contributed by atoms with E-state index in [0.717, 1.165) is 29.5 Å². The fourth-order valence-corrected chi connectivity index (χ4v) is 3.02. The molecule has 2 aromatic carbocycles. The number of nitro groups is 1. The third-order valence-electron chi connectivity index (χ3n) is 3.34. The Morgan fingerprint density at radius 3 is 2.65 bits per heavy atom. The van der Waals surface area contributed by atoms with Crippen molar-refractivity contribution in [3.8, 4) is 11.3 Å². The number of anilines is 1. The first-order valence-corrected chi connectivity index (χ1v) is 8.27. The summed E-state index contributed by atoms with van der Waals surface area (Å²) in [6, 6.07) is 6.92. The minimum atomic E-state index is -1.02. The van der Waals surface area contributed by atoms with Crippen molar-refractivity contribution < 1.29 is 18.5 Å². The van der Waals surface area contributed by atoms with E-state index in [1.807, 2.05) is 0 Å². The van der Waals surface area contributed by atoms with Crippen molar-refractivity contribution in [1.82, 2.24) is 4.98 Å². The maximum Gasteiger partial charge on any atom is 0.282 e. The van der Waals surface area contributed by atoms with E-state index in [9.17, 15) is 23.7 Å².